The third kappa shape index (κ3) is 2.54. The number of likely N-dealkylation sites (tertiary alicyclic amines) is 1. The molecule has 0 bridgehead atoms. The van der Waals surface area contributed by atoms with Gasteiger partial charge in [-0.2, -0.15) is 11.3 Å². The molecule has 22 heavy (non-hydrogen) atoms. The number of thiophene rings is 1. The van der Waals surface area contributed by atoms with E-state index in [0.717, 1.165) is 25.2 Å². The third-order valence-electron chi connectivity index (χ3n) is 4.91. The first kappa shape index (κ1) is 15.5. The number of hydrogen-bond donors (Lipinski definition) is 0. The van der Waals surface area contributed by atoms with Crippen LogP contribution in [0.5, 0.6) is 0 Å². The first-order valence-electron chi connectivity index (χ1n) is 7.78. The van der Waals surface area contributed by atoms with Crippen LogP contribution in [0.15, 0.2) is 16.8 Å². The van der Waals surface area contributed by atoms with E-state index >= 15 is 0 Å². The lowest BCUT2D eigenvalue weighted by molar-refractivity contribution is -0.142. The fourth-order valence-electron chi connectivity index (χ4n) is 3.63. The first-order chi connectivity index (χ1) is 10.4. The van der Waals surface area contributed by atoms with Crippen LogP contribution in [-0.4, -0.2) is 59.4 Å². The predicted octanol–water partition coefficient (Wildman–Crippen LogP) is 1.80. The molecule has 2 aliphatic heterocycles. The van der Waals surface area contributed by atoms with Gasteiger partial charge >= 0.3 is 0 Å². The van der Waals surface area contributed by atoms with Gasteiger partial charge in [-0.1, -0.05) is 0 Å². The summed E-state index contributed by atoms with van der Waals surface area (Å²) in [7, 11) is 0. The average molecular weight is 321 g/mol. The maximum atomic E-state index is 12.5. The maximum absolute atomic E-state index is 12.5. The highest BCUT2D eigenvalue weighted by Gasteiger charge is 2.50. The lowest BCUT2D eigenvalue weighted by Crippen LogP contribution is -2.67. The largest absolute Gasteiger partial charge is 0.325 e. The molecule has 2 saturated heterocycles. The van der Waals surface area contributed by atoms with Crippen LogP contribution >= 0.6 is 11.3 Å². The minimum absolute atomic E-state index is 0.00363. The molecule has 0 saturated carbocycles. The van der Waals surface area contributed by atoms with Crippen molar-refractivity contribution in [3.63, 3.8) is 0 Å². The monoisotopic (exact) mass is 321 g/mol. The highest BCUT2D eigenvalue weighted by Crippen LogP contribution is 2.35. The van der Waals surface area contributed by atoms with Gasteiger partial charge in [0, 0.05) is 31.4 Å². The van der Waals surface area contributed by atoms with Crippen molar-refractivity contribution in [1.82, 2.24) is 9.80 Å². The molecule has 1 aromatic rings. The molecular formula is C16H23N3O2S. The summed E-state index contributed by atoms with van der Waals surface area (Å²) in [5, 5.41) is 3.99. The van der Waals surface area contributed by atoms with Gasteiger partial charge < -0.3 is 9.80 Å². The number of carbonyl (C=O) groups excluding carboxylic acids is 2. The minimum atomic E-state index is -0.244. The molecule has 120 valence electrons. The van der Waals surface area contributed by atoms with Crippen molar-refractivity contribution in [3.8, 4) is 0 Å². The van der Waals surface area contributed by atoms with E-state index in [2.05, 4.69) is 18.7 Å². The highest BCUT2D eigenvalue weighted by atomic mass is 32.1. The molecule has 0 aliphatic carbocycles. The van der Waals surface area contributed by atoms with Crippen LogP contribution in [-0.2, 0) is 9.59 Å². The summed E-state index contributed by atoms with van der Waals surface area (Å²) in [5.41, 5.74) is 0.715. The lowest BCUT2D eigenvalue weighted by atomic mass is 9.92. The van der Waals surface area contributed by atoms with Gasteiger partial charge in [0.15, 0.2) is 0 Å². The van der Waals surface area contributed by atoms with Crippen LogP contribution in [0.3, 0.4) is 0 Å². The highest BCUT2D eigenvalue weighted by molar-refractivity contribution is 7.08. The molecule has 2 aliphatic rings. The summed E-state index contributed by atoms with van der Waals surface area (Å²) in [4.78, 5) is 30.7. The van der Waals surface area contributed by atoms with E-state index < -0.39 is 0 Å². The molecular weight excluding hydrogens is 298 g/mol. The van der Waals surface area contributed by atoms with Crippen LogP contribution in [0.25, 0.3) is 0 Å². The van der Waals surface area contributed by atoms with E-state index in [1.165, 1.54) is 0 Å². The molecule has 2 amide bonds. The first-order valence-corrected chi connectivity index (χ1v) is 8.72. The number of anilines is 1. The number of rotatable bonds is 2. The summed E-state index contributed by atoms with van der Waals surface area (Å²) in [6, 6.07) is 2.44. The van der Waals surface area contributed by atoms with Crippen molar-refractivity contribution in [1.29, 1.82) is 0 Å². The van der Waals surface area contributed by atoms with Crippen molar-refractivity contribution < 1.29 is 9.59 Å². The smallest absolute Gasteiger partial charge is 0.246 e. The molecule has 6 heteroatoms. The molecule has 1 atom stereocenters. The zero-order chi connectivity index (χ0) is 15.9. The number of hydrogen-bond acceptors (Lipinski definition) is 4. The van der Waals surface area contributed by atoms with E-state index in [1.54, 1.807) is 23.2 Å². The quantitative estimate of drug-likeness (QED) is 0.834. The normalized spacial score (nSPS) is 26.5. The van der Waals surface area contributed by atoms with E-state index in [-0.39, 0.29) is 23.9 Å². The van der Waals surface area contributed by atoms with E-state index in [0.29, 0.717) is 12.6 Å². The number of carbonyl (C=O) groups is 2. The molecule has 1 aromatic heterocycles. The van der Waals surface area contributed by atoms with E-state index in [4.69, 9.17) is 0 Å². The molecule has 3 heterocycles. The van der Waals surface area contributed by atoms with Gasteiger partial charge in [-0.05, 0) is 31.7 Å². The van der Waals surface area contributed by atoms with Crippen molar-refractivity contribution in [3.05, 3.63) is 16.8 Å². The summed E-state index contributed by atoms with van der Waals surface area (Å²) >= 11 is 1.59. The van der Waals surface area contributed by atoms with Gasteiger partial charge in [-0.15, -0.1) is 0 Å². The van der Waals surface area contributed by atoms with Gasteiger partial charge in [-0.3, -0.25) is 14.5 Å². The number of amides is 2. The Bertz CT molecular complexity index is 572. The Morgan fingerprint density at radius 1 is 1.36 bits per heavy atom. The van der Waals surface area contributed by atoms with Crippen molar-refractivity contribution >= 4 is 28.8 Å². The molecule has 0 radical (unpaired) electrons. The SMILES string of the molecule is CC(=O)N1CC(=O)N(c2ccsc2)CC12CCN(C(C)C)C2. The van der Waals surface area contributed by atoms with Crippen molar-refractivity contribution in [2.75, 3.05) is 31.1 Å². The van der Waals surface area contributed by atoms with Gasteiger partial charge in [0.25, 0.3) is 0 Å². The van der Waals surface area contributed by atoms with Gasteiger partial charge in [0.1, 0.15) is 6.54 Å². The Hall–Kier alpha value is -1.40. The topological polar surface area (TPSA) is 43.9 Å². The van der Waals surface area contributed by atoms with Crippen molar-refractivity contribution in [2.24, 2.45) is 0 Å². The average Bonchev–Trinajstić information content (AvgIpc) is 3.11. The van der Waals surface area contributed by atoms with Gasteiger partial charge in [-0.25, -0.2) is 0 Å². The van der Waals surface area contributed by atoms with Crippen molar-refractivity contribution in [2.45, 2.75) is 38.8 Å². The Labute approximate surface area is 135 Å². The number of nitrogens with zero attached hydrogens (tertiary/aromatic N) is 3. The molecule has 1 spiro atoms. The lowest BCUT2D eigenvalue weighted by Gasteiger charge is -2.48. The second-order valence-electron chi connectivity index (χ2n) is 6.61. The zero-order valence-electron chi connectivity index (χ0n) is 13.4. The fourth-order valence-corrected chi connectivity index (χ4v) is 4.27. The standard InChI is InChI=1S/C16H23N3O2S/c1-12(2)17-6-5-16(10-17)11-18(14-4-7-22-9-14)15(21)8-19(16)13(3)20/h4,7,9,12H,5-6,8,10-11H2,1-3H3. The van der Waals surface area contributed by atoms with Crippen LogP contribution in [0, 0.1) is 0 Å². The summed E-state index contributed by atoms with van der Waals surface area (Å²) in [6.45, 7) is 8.56. The minimum Gasteiger partial charge on any atom is -0.325 e. The Kier molecular flexibility index (Phi) is 3.99. The summed E-state index contributed by atoms with van der Waals surface area (Å²) < 4.78 is 0. The van der Waals surface area contributed by atoms with Crippen LogP contribution in [0.4, 0.5) is 5.69 Å². The van der Waals surface area contributed by atoms with Crippen LogP contribution < -0.4 is 4.90 Å². The Morgan fingerprint density at radius 3 is 2.68 bits per heavy atom. The fraction of sp³-hybridized carbons (Fsp3) is 0.625. The Balaban J connectivity index is 1.91. The second-order valence-corrected chi connectivity index (χ2v) is 7.39. The van der Waals surface area contributed by atoms with Crippen LogP contribution in [0.1, 0.15) is 27.2 Å². The molecule has 0 N–H and O–H groups in total. The number of piperazine rings is 1. The molecule has 5 nitrogen and oxygen atoms in total. The molecule has 0 aromatic carbocycles. The second kappa shape index (κ2) is 5.66. The summed E-state index contributed by atoms with van der Waals surface area (Å²) in [6.07, 6.45) is 0.929. The van der Waals surface area contributed by atoms with Gasteiger partial charge in [0.05, 0.1) is 17.8 Å². The molecule has 1 unspecified atom stereocenters. The molecule has 2 fully saturated rings. The third-order valence-corrected chi connectivity index (χ3v) is 5.58. The van der Waals surface area contributed by atoms with Gasteiger partial charge in [0.2, 0.25) is 11.8 Å². The van der Waals surface area contributed by atoms with E-state index in [1.807, 2.05) is 21.7 Å². The van der Waals surface area contributed by atoms with Crippen LogP contribution in [0.2, 0.25) is 0 Å². The Morgan fingerprint density at radius 2 is 2.14 bits per heavy atom. The molecule has 3 rings (SSSR count). The summed E-state index contributed by atoms with van der Waals surface area (Å²) in [5.74, 6) is 0.0196. The predicted molar refractivity (Wildman–Crippen MR) is 88.1 cm³/mol. The van der Waals surface area contributed by atoms with E-state index in [9.17, 15) is 9.59 Å². The zero-order valence-corrected chi connectivity index (χ0v) is 14.2. The maximum Gasteiger partial charge on any atom is 0.246 e.